The van der Waals surface area contributed by atoms with E-state index in [-0.39, 0.29) is 12.0 Å². The number of carbonyl (C=O) groups is 1. The van der Waals surface area contributed by atoms with Gasteiger partial charge in [-0.25, -0.2) is 4.98 Å². The normalized spacial score (nSPS) is 12.4. The Kier molecular flexibility index (Phi) is 5.36. The largest absolute Gasteiger partial charge is 0.489 e. The van der Waals surface area contributed by atoms with E-state index in [1.165, 1.54) is 6.08 Å². The van der Waals surface area contributed by atoms with Crippen LogP contribution in [0.3, 0.4) is 0 Å². The average Bonchev–Trinajstić information content (AvgIpc) is 2.94. The SMILES string of the molecule is CC(CNC(=O)/C=C/c1c(Cl)nc2ccccn12)Oc1ccccc1. The molecule has 0 saturated heterocycles. The molecule has 0 bridgehead atoms. The van der Waals surface area contributed by atoms with Crippen LogP contribution in [0.2, 0.25) is 5.15 Å². The van der Waals surface area contributed by atoms with Gasteiger partial charge in [-0.05, 0) is 37.3 Å². The molecule has 0 fully saturated rings. The Balaban J connectivity index is 1.57. The second-order valence-electron chi connectivity index (χ2n) is 5.54. The van der Waals surface area contributed by atoms with Crippen molar-refractivity contribution in [3.8, 4) is 5.75 Å². The van der Waals surface area contributed by atoms with E-state index in [2.05, 4.69) is 10.3 Å². The van der Waals surface area contributed by atoms with E-state index in [4.69, 9.17) is 16.3 Å². The number of pyridine rings is 1. The molecule has 3 rings (SSSR count). The van der Waals surface area contributed by atoms with E-state index in [9.17, 15) is 4.79 Å². The lowest BCUT2D eigenvalue weighted by Gasteiger charge is -2.14. The number of ether oxygens (including phenoxy) is 1. The van der Waals surface area contributed by atoms with Gasteiger partial charge in [-0.2, -0.15) is 0 Å². The fraction of sp³-hybridized carbons (Fsp3) is 0.158. The van der Waals surface area contributed by atoms with Crippen LogP contribution in [0.5, 0.6) is 5.75 Å². The zero-order chi connectivity index (χ0) is 17.6. The zero-order valence-corrected chi connectivity index (χ0v) is 14.5. The maximum Gasteiger partial charge on any atom is 0.244 e. The minimum Gasteiger partial charge on any atom is -0.489 e. The van der Waals surface area contributed by atoms with Gasteiger partial charge in [0.1, 0.15) is 17.5 Å². The number of hydrogen-bond donors (Lipinski definition) is 1. The van der Waals surface area contributed by atoms with E-state index < -0.39 is 0 Å². The van der Waals surface area contributed by atoms with Crippen LogP contribution in [0.4, 0.5) is 0 Å². The molecule has 1 unspecified atom stereocenters. The average molecular weight is 356 g/mol. The van der Waals surface area contributed by atoms with E-state index in [0.29, 0.717) is 17.4 Å². The minimum absolute atomic E-state index is 0.140. The number of amides is 1. The standard InChI is InChI=1S/C19H18ClN3O2/c1-14(25-15-7-3-2-4-8-15)13-21-18(24)11-10-16-19(20)22-17-9-5-6-12-23(16)17/h2-12,14H,13H2,1H3,(H,21,24)/b11-10+. The summed E-state index contributed by atoms with van der Waals surface area (Å²) in [5, 5.41) is 3.17. The number of aromatic nitrogens is 2. The monoisotopic (exact) mass is 355 g/mol. The molecule has 2 aromatic heterocycles. The summed E-state index contributed by atoms with van der Waals surface area (Å²) in [6, 6.07) is 15.1. The molecule has 0 spiro atoms. The molecular weight excluding hydrogens is 338 g/mol. The van der Waals surface area contributed by atoms with Gasteiger partial charge in [0.05, 0.1) is 12.2 Å². The van der Waals surface area contributed by atoms with Crippen molar-refractivity contribution in [2.24, 2.45) is 0 Å². The molecule has 128 valence electrons. The van der Waals surface area contributed by atoms with E-state index in [1.54, 1.807) is 6.08 Å². The van der Waals surface area contributed by atoms with Gasteiger partial charge in [-0.1, -0.05) is 35.9 Å². The Morgan fingerprint density at radius 3 is 2.84 bits per heavy atom. The van der Waals surface area contributed by atoms with Crippen molar-refractivity contribution in [2.75, 3.05) is 6.54 Å². The Morgan fingerprint density at radius 2 is 2.04 bits per heavy atom. The molecule has 5 nitrogen and oxygen atoms in total. The lowest BCUT2D eigenvalue weighted by molar-refractivity contribution is -0.116. The molecule has 2 heterocycles. The second kappa shape index (κ2) is 7.85. The summed E-state index contributed by atoms with van der Waals surface area (Å²) in [7, 11) is 0. The van der Waals surface area contributed by atoms with Crippen LogP contribution in [0.15, 0.2) is 60.8 Å². The van der Waals surface area contributed by atoms with Gasteiger partial charge in [0.15, 0.2) is 5.15 Å². The molecular formula is C19H18ClN3O2. The minimum atomic E-state index is -0.217. The summed E-state index contributed by atoms with van der Waals surface area (Å²) >= 11 is 6.13. The number of para-hydroxylation sites is 1. The fourth-order valence-electron chi connectivity index (χ4n) is 2.37. The number of nitrogens with one attached hydrogen (secondary N) is 1. The first kappa shape index (κ1) is 17.0. The van der Waals surface area contributed by atoms with Gasteiger partial charge in [0.25, 0.3) is 0 Å². The Hall–Kier alpha value is -2.79. The highest BCUT2D eigenvalue weighted by Gasteiger charge is 2.08. The molecule has 1 aromatic carbocycles. The molecule has 3 aromatic rings. The van der Waals surface area contributed by atoms with Crippen LogP contribution in [-0.4, -0.2) is 27.9 Å². The summed E-state index contributed by atoms with van der Waals surface area (Å²) in [5.41, 5.74) is 1.40. The van der Waals surface area contributed by atoms with Gasteiger partial charge < -0.3 is 10.1 Å². The third-order valence-electron chi connectivity index (χ3n) is 3.56. The first-order valence-corrected chi connectivity index (χ1v) is 8.31. The van der Waals surface area contributed by atoms with Crippen LogP contribution in [0.25, 0.3) is 11.7 Å². The highest BCUT2D eigenvalue weighted by atomic mass is 35.5. The van der Waals surface area contributed by atoms with E-state index in [1.807, 2.05) is 66.1 Å². The number of fused-ring (bicyclic) bond motifs is 1. The van der Waals surface area contributed by atoms with Gasteiger partial charge in [0.2, 0.25) is 5.91 Å². The summed E-state index contributed by atoms with van der Waals surface area (Å²) in [4.78, 5) is 16.3. The number of imidazole rings is 1. The molecule has 6 heteroatoms. The summed E-state index contributed by atoms with van der Waals surface area (Å²) in [6.07, 6.45) is 4.80. The van der Waals surface area contributed by atoms with Gasteiger partial charge in [0, 0.05) is 12.3 Å². The molecule has 0 radical (unpaired) electrons. The Labute approximate surface area is 150 Å². The number of carbonyl (C=O) groups excluding carboxylic acids is 1. The number of hydrogen-bond acceptors (Lipinski definition) is 3. The molecule has 1 atom stereocenters. The van der Waals surface area contributed by atoms with Crippen molar-refractivity contribution in [1.29, 1.82) is 0 Å². The molecule has 0 aliphatic heterocycles. The summed E-state index contributed by atoms with van der Waals surface area (Å²) < 4.78 is 7.54. The van der Waals surface area contributed by atoms with Crippen LogP contribution < -0.4 is 10.1 Å². The number of halogens is 1. The van der Waals surface area contributed by atoms with Gasteiger partial charge >= 0.3 is 0 Å². The van der Waals surface area contributed by atoms with Crippen molar-refractivity contribution in [3.05, 3.63) is 71.7 Å². The van der Waals surface area contributed by atoms with Crippen molar-refractivity contribution in [3.63, 3.8) is 0 Å². The molecule has 1 amide bonds. The fourth-order valence-corrected chi connectivity index (χ4v) is 2.61. The van der Waals surface area contributed by atoms with Crippen LogP contribution >= 0.6 is 11.6 Å². The van der Waals surface area contributed by atoms with E-state index >= 15 is 0 Å². The summed E-state index contributed by atoms with van der Waals surface area (Å²) in [5.74, 6) is 0.558. The molecule has 0 saturated carbocycles. The molecule has 0 aliphatic rings. The lowest BCUT2D eigenvalue weighted by atomic mass is 10.3. The zero-order valence-electron chi connectivity index (χ0n) is 13.7. The van der Waals surface area contributed by atoms with Crippen LogP contribution in [0, 0.1) is 0 Å². The molecule has 0 aliphatic carbocycles. The lowest BCUT2D eigenvalue weighted by Crippen LogP contribution is -2.32. The maximum atomic E-state index is 12.0. The quantitative estimate of drug-likeness (QED) is 0.687. The summed E-state index contributed by atoms with van der Waals surface area (Å²) in [6.45, 7) is 2.30. The number of rotatable bonds is 6. The van der Waals surface area contributed by atoms with Crippen LogP contribution in [0.1, 0.15) is 12.6 Å². The van der Waals surface area contributed by atoms with Crippen molar-refractivity contribution in [1.82, 2.24) is 14.7 Å². The highest BCUT2D eigenvalue weighted by molar-refractivity contribution is 6.31. The molecule has 1 N–H and O–H groups in total. The van der Waals surface area contributed by atoms with Crippen molar-refractivity contribution in [2.45, 2.75) is 13.0 Å². The van der Waals surface area contributed by atoms with Gasteiger partial charge in [-0.15, -0.1) is 0 Å². The first-order chi connectivity index (χ1) is 12.1. The Bertz CT molecular complexity index is 890. The van der Waals surface area contributed by atoms with Crippen molar-refractivity contribution < 1.29 is 9.53 Å². The van der Waals surface area contributed by atoms with Crippen LogP contribution in [-0.2, 0) is 4.79 Å². The Morgan fingerprint density at radius 1 is 1.28 bits per heavy atom. The highest BCUT2D eigenvalue weighted by Crippen LogP contribution is 2.18. The number of benzene rings is 1. The third-order valence-corrected chi connectivity index (χ3v) is 3.84. The first-order valence-electron chi connectivity index (χ1n) is 7.93. The number of nitrogens with zero attached hydrogens (tertiary/aromatic N) is 2. The third kappa shape index (κ3) is 4.39. The molecule has 25 heavy (non-hydrogen) atoms. The van der Waals surface area contributed by atoms with E-state index in [0.717, 1.165) is 11.4 Å². The smallest absolute Gasteiger partial charge is 0.244 e. The second-order valence-corrected chi connectivity index (χ2v) is 5.89. The predicted octanol–water partition coefficient (Wildman–Crippen LogP) is 3.58. The van der Waals surface area contributed by atoms with Crippen molar-refractivity contribution >= 4 is 29.2 Å². The predicted molar refractivity (Wildman–Crippen MR) is 98.8 cm³/mol. The maximum absolute atomic E-state index is 12.0. The van der Waals surface area contributed by atoms with Gasteiger partial charge in [-0.3, -0.25) is 9.20 Å². The topological polar surface area (TPSA) is 55.6 Å².